The number of nitrogens with zero attached hydrogens (tertiary/aromatic N) is 3. The van der Waals surface area contributed by atoms with Gasteiger partial charge in [0.05, 0.1) is 34.9 Å². The Kier molecular flexibility index (Phi) is 4.94. The average molecular weight is 388 g/mol. The third-order valence-corrected chi connectivity index (χ3v) is 4.35. The minimum Gasteiger partial charge on any atom is -0.489 e. The Morgan fingerprint density at radius 1 is 1.17 bits per heavy atom. The van der Waals surface area contributed by atoms with E-state index in [1.807, 2.05) is 44.2 Å². The fourth-order valence-corrected chi connectivity index (χ4v) is 3.13. The first-order valence-electron chi connectivity index (χ1n) is 9.23. The van der Waals surface area contributed by atoms with Crippen LogP contribution in [0.1, 0.15) is 19.4 Å². The molecular formula is C22H20N4O3. The summed E-state index contributed by atoms with van der Waals surface area (Å²) in [5.74, 6) is 1.39. The second-order valence-corrected chi connectivity index (χ2v) is 6.80. The van der Waals surface area contributed by atoms with Crippen LogP contribution in [0.5, 0.6) is 17.4 Å². The van der Waals surface area contributed by atoms with Crippen molar-refractivity contribution in [3.8, 4) is 23.4 Å². The topological polar surface area (TPSA) is 90.6 Å². The van der Waals surface area contributed by atoms with Crippen molar-refractivity contribution < 1.29 is 14.6 Å². The lowest BCUT2D eigenvalue weighted by Crippen LogP contribution is -2.31. The van der Waals surface area contributed by atoms with Crippen molar-refractivity contribution in [2.24, 2.45) is 0 Å². The summed E-state index contributed by atoms with van der Waals surface area (Å²) in [5.41, 5.74) is 2.91. The molecule has 1 atom stereocenters. The molecule has 1 unspecified atom stereocenters. The Hall–Kier alpha value is -3.76. The number of anilines is 3. The molecule has 4 rings (SSSR count). The normalized spacial score (nSPS) is 14.9. The van der Waals surface area contributed by atoms with E-state index in [4.69, 9.17) is 9.47 Å². The summed E-state index contributed by atoms with van der Waals surface area (Å²) in [6, 6.07) is 18.4. The number of fused-ring (bicyclic) bond motifs is 1. The zero-order valence-electron chi connectivity index (χ0n) is 16.0. The van der Waals surface area contributed by atoms with Crippen LogP contribution in [-0.2, 0) is 0 Å². The monoisotopic (exact) mass is 388 g/mol. The SMILES string of the molecule is CC(C)Oc1cc(Oc2ccc(N3c4ccccc4NC3O)cn2)ccc1C#N. The molecule has 2 aromatic carbocycles. The number of aliphatic hydroxyl groups excluding tert-OH is 1. The molecule has 0 spiro atoms. The molecule has 7 nitrogen and oxygen atoms in total. The minimum atomic E-state index is -0.866. The number of aliphatic hydroxyl groups is 1. The molecule has 29 heavy (non-hydrogen) atoms. The fourth-order valence-electron chi connectivity index (χ4n) is 3.13. The molecule has 1 aliphatic heterocycles. The number of pyridine rings is 1. The van der Waals surface area contributed by atoms with Gasteiger partial charge in [-0.2, -0.15) is 5.26 Å². The summed E-state index contributed by atoms with van der Waals surface area (Å²) in [6.07, 6.45) is 0.714. The van der Waals surface area contributed by atoms with Crippen LogP contribution < -0.4 is 19.7 Å². The molecule has 1 aliphatic rings. The van der Waals surface area contributed by atoms with Crippen molar-refractivity contribution >= 4 is 17.1 Å². The van der Waals surface area contributed by atoms with E-state index in [1.165, 1.54) is 0 Å². The molecule has 0 aliphatic carbocycles. The van der Waals surface area contributed by atoms with E-state index >= 15 is 0 Å². The van der Waals surface area contributed by atoms with Gasteiger partial charge in [0.2, 0.25) is 12.2 Å². The lowest BCUT2D eigenvalue weighted by atomic mass is 10.2. The van der Waals surface area contributed by atoms with Crippen LogP contribution in [0.4, 0.5) is 17.1 Å². The summed E-state index contributed by atoms with van der Waals surface area (Å²) in [7, 11) is 0. The number of nitrogens with one attached hydrogen (secondary N) is 1. The molecule has 146 valence electrons. The van der Waals surface area contributed by atoms with Crippen LogP contribution in [0.15, 0.2) is 60.8 Å². The zero-order chi connectivity index (χ0) is 20.4. The smallest absolute Gasteiger partial charge is 0.219 e. The standard InChI is InChI=1S/C22H20N4O3/c1-14(2)28-20-11-17(9-7-15(20)12-23)29-21-10-8-16(13-24-21)26-19-6-4-3-5-18(19)25-22(26)27/h3-11,13-14,22,25,27H,1-2H3. The predicted molar refractivity (Wildman–Crippen MR) is 109 cm³/mol. The molecule has 2 N–H and O–H groups in total. The van der Waals surface area contributed by atoms with Crippen molar-refractivity contribution in [2.45, 2.75) is 26.3 Å². The molecule has 0 bridgehead atoms. The Morgan fingerprint density at radius 3 is 2.72 bits per heavy atom. The van der Waals surface area contributed by atoms with Crippen LogP contribution in [0.2, 0.25) is 0 Å². The lowest BCUT2D eigenvalue weighted by molar-refractivity contribution is 0.216. The number of hydrogen-bond donors (Lipinski definition) is 2. The van der Waals surface area contributed by atoms with Gasteiger partial charge in [-0.05, 0) is 44.2 Å². The summed E-state index contributed by atoms with van der Waals surface area (Å²) in [5, 5.41) is 22.6. The molecule has 3 aromatic rings. The van der Waals surface area contributed by atoms with E-state index in [2.05, 4.69) is 16.4 Å². The molecule has 1 aromatic heterocycles. The number of nitriles is 1. The Balaban J connectivity index is 1.54. The van der Waals surface area contributed by atoms with Crippen molar-refractivity contribution in [1.29, 1.82) is 5.26 Å². The summed E-state index contributed by atoms with van der Waals surface area (Å²) >= 11 is 0. The molecule has 2 heterocycles. The highest BCUT2D eigenvalue weighted by molar-refractivity contribution is 5.81. The minimum absolute atomic E-state index is 0.0573. The maximum atomic E-state index is 10.3. The summed E-state index contributed by atoms with van der Waals surface area (Å²) < 4.78 is 11.5. The van der Waals surface area contributed by atoms with Gasteiger partial charge in [-0.3, -0.25) is 4.90 Å². The molecule has 7 heteroatoms. The fraction of sp³-hybridized carbons (Fsp3) is 0.182. The third kappa shape index (κ3) is 3.79. The highest BCUT2D eigenvalue weighted by Crippen LogP contribution is 2.39. The number of aromatic nitrogens is 1. The van der Waals surface area contributed by atoms with Gasteiger partial charge in [-0.1, -0.05) is 12.1 Å². The predicted octanol–water partition coefficient (Wildman–Crippen LogP) is 4.37. The van der Waals surface area contributed by atoms with Gasteiger partial charge in [0.15, 0.2) is 0 Å². The molecule has 0 fully saturated rings. The number of hydrogen-bond acceptors (Lipinski definition) is 7. The Morgan fingerprint density at radius 2 is 2.00 bits per heavy atom. The van der Waals surface area contributed by atoms with E-state index in [-0.39, 0.29) is 6.10 Å². The number of benzene rings is 2. The summed E-state index contributed by atoms with van der Waals surface area (Å²) in [4.78, 5) is 6.10. The molecule has 0 amide bonds. The Labute approximate surface area is 168 Å². The largest absolute Gasteiger partial charge is 0.489 e. The van der Waals surface area contributed by atoms with Crippen molar-refractivity contribution in [2.75, 3.05) is 10.2 Å². The van der Waals surface area contributed by atoms with Crippen molar-refractivity contribution in [1.82, 2.24) is 4.98 Å². The molecule has 0 saturated carbocycles. The maximum absolute atomic E-state index is 10.3. The number of ether oxygens (including phenoxy) is 2. The first kappa shape index (κ1) is 18.6. The van der Waals surface area contributed by atoms with Gasteiger partial charge < -0.3 is 19.9 Å². The second kappa shape index (κ2) is 7.70. The molecule has 0 radical (unpaired) electrons. The van der Waals surface area contributed by atoms with Crippen LogP contribution in [-0.4, -0.2) is 22.5 Å². The Bertz CT molecular complexity index is 1060. The highest BCUT2D eigenvalue weighted by atomic mass is 16.5. The first-order valence-corrected chi connectivity index (χ1v) is 9.23. The molecular weight excluding hydrogens is 368 g/mol. The van der Waals surface area contributed by atoms with Crippen LogP contribution >= 0.6 is 0 Å². The zero-order valence-corrected chi connectivity index (χ0v) is 16.0. The van der Waals surface area contributed by atoms with Crippen LogP contribution in [0.25, 0.3) is 0 Å². The second-order valence-electron chi connectivity index (χ2n) is 6.80. The van der Waals surface area contributed by atoms with Gasteiger partial charge in [0.1, 0.15) is 17.6 Å². The van der Waals surface area contributed by atoms with E-state index in [9.17, 15) is 10.4 Å². The van der Waals surface area contributed by atoms with Gasteiger partial charge in [0, 0.05) is 12.1 Å². The molecule has 0 saturated heterocycles. The maximum Gasteiger partial charge on any atom is 0.219 e. The quantitative estimate of drug-likeness (QED) is 0.670. The third-order valence-electron chi connectivity index (χ3n) is 4.35. The van der Waals surface area contributed by atoms with E-state index in [1.54, 1.807) is 35.4 Å². The van der Waals surface area contributed by atoms with Gasteiger partial charge >= 0.3 is 0 Å². The van der Waals surface area contributed by atoms with Gasteiger partial charge in [-0.25, -0.2) is 4.98 Å². The highest BCUT2D eigenvalue weighted by Gasteiger charge is 2.28. The van der Waals surface area contributed by atoms with E-state index in [0.717, 1.165) is 17.1 Å². The number of para-hydroxylation sites is 2. The first-order chi connectivity index (χ1) is 14.0. The lowest BCUT2D eigenvalue weighted by Gasteiger charge is -2.22. The van der Waals surface area contributed by atoms with Crippen LogP contribution in [0.3, 0.4) is 0 Å². The van der Waals surface area contributed by atoms with Gasteiger partial charge in [0.25, 0.3) is 0 Å². The van der Waals surface area contributed by atoms with E-state index < -0.39 is 6.35 Å². The van der Waals surface area contributed by atoms with Crippen molar-refractivity contribution in [3.05, 3.63) is 66.4 Å². The average Bonchev–Trinajstić information content (AvgIpc) is 3.04. The van der Waals surface area contributed by atoms with Crippen LogP contribution in [0, 0.1) is 11.3 Å². The summed E-state index contributed by atoms with van der Waals surface area (Å²) in [6.45, 7) is 3.80. The van der Waals surface area contributed by atoms with E-state index in [0.29, 0.717) is 22.9 Å². The van der Waals surface area contributed by atoms with Gasteiger partial charge in [-0.15, -0.1) is 0 Å². The number of rotatable bonds is 5. The van der Waals surface area contributed by atoms with Crippen molar-refractivity contribution in [3.63, 3.8) is 0 Å².